The number of nitrogens with one attached hydrogen (secondary N) is 3. The summed E-state index contributed by atoms with van der Waals surface area (Å²) in [4.78, 5) is 8.51. The lowest BCUT2D eigenvalue weighted by Crippen LogP contribution is -2.42. The van der Waals surface area contributed by atoms with Crippen molar-refractivity contribution in [2.24, 2.45) is 4.99 Å². The molecule has 0 spiro atoms. The summed E-state index contributed by atoms with van der Waals surface area (Å²) in [5, 5.41) is 6.23. The fraction of sp³-hybridized carbons (Fsp3) is 0.400. The number of pyridine rings is 1. The van der Waals surface area contributed by atoms with Crippen molar-refractivity contribution in [3.05, 3.63) is 60.2 Å². The maximum Gasteiger partial charge on any atom is 0.242 e. The Morgan fingerprint density at radius 2 is 1.97 bits per heavy atom. The van der Waals surface area contributed by atoms with Crippen molar-refractivity contribution in [1.29, 1.82) is 0 Å². The van der Waals surface area contributed by atoms with E-state index in [2.05, 4.69) is 25.3 Å². The molecule has 0 atom stereocenters. The molecular formula is C20H28FN5O2S. The standard InChI is InChI=1S/C20H28FN5O2S/c1-4-23-19(25-15-20(2,3)16-7-5-8-17(21)13-16)24-11-12-26-29(27,28)18-9-6-10-22-14-18/h5-10,13-14,26H,4,11-12,15H2,1-3H3,(H2,23,24,25). The van der Waals surface area contributed by atoms with Gasteiger partial charge in [-0.3, -0.25) is 9.98 Å². The van der Waals surface area contributed by atoms with Crippen LogP contribution in [0.3, 0.4) is 0 Å². The molecule has 2 aromatic rings. The molecule has 0 saturated carbocycles. The van der Waals surface area contributed by atoms with Gasteiger partial charge in [0, 0.05) is 37.4 Å². The van der Waals surface area contributed by atoms with Crippen LogP contribution in [0.15, 0.2) is 58.7 Å². The summed E-state index contributed by atoms with van der Waals surface area (Å²) in [6.45, 7) is 7.58. The van der Waals surface area contributed by atoms with E-state index in [4.69, 9.17) is 0 Å². The van der Waals surface area contributed by atoms with Crippen LogP contribution < -0.4 is 15.4 Å². The molecule has 1 heterocycles. The summed E-state index contributed by atoms with van der Waals surface area (Å²) in [6.07, 6.45) is 2.82. The van der Waals surface area contributed by atoms with Crippen LogP contribution in [-0.2, 0) is 15.4 Å². The first-order chi connectivity index (χ1) is 13.7. The fourth-order valence-electron chi connectivity index (χ4n) is 2.57. The Morgan fingerprint density at radius 3 is 2.62 bits per heavy atom. The number of aromatic nitrogens is 1. The van der Waals surface area contributed by atoms with Gasteiger partial charge in [0.1, 0.15) is 10.7 Å². The zero-order valence-electron chi connectivity index (χ0n) is 16.9. The van der Waals surface area contributed by atoms with Crippen molar-refractivity contribution in [3.63, 3.8) is 0 Å². The van der Waals surface area contributed by atoms with E-state index < -0.39 is 10.0 Å². The van der Waals surface area contributed by atoms with Gasteiger partial charge < -0.3 is 10.6 Å². The van der Waals surface area contributed by atoms with Crippen molar-refractivity contribution in [3.8, 4) is 0 Å². The highest BCUT2D eigenvalue weighted by Gasteiger charge is 2.21. The molecule has 29 heavy (non-hydrogen) atoms. The van der Waals surface area contributed by atoms with Gasteiger partial charge in [-0.05, 0) is 36.8 Å². The van der Waals surface area contributed by atoms with E-state index in [-0.39, 0.29) is 22.7 Å². The van der Waals surface area contributed by atoms with E-state index in [0.29, 0.717) is 25.6 Å². The summed E-state index contributed by atoms with van der Waals surface area (Å²) in [7, 11) is -3.59. The van der Waals surface area contributed by atoms with Crippen molar-refractivity contribution in [2.45, 2.75) is 31.1 Å². The highest BCUT2D eigenvalue weighted by molar-refractivity contribution is 7.89. The highest BCUT2D eigenvalue weighted by atomic mass is 32.2. The minimum Gasteiger partial charge on any atom is -0.357 e. The molecule has 0 unspecified atom stereocenters. The Hall–Kier alpha value is -2.52. The van der Waals surface area contributed by atoms with Gasteiger partial charge in [0.2, 0.25) is 10.0 Å². The van der Waals surface area contributed by atoms with E-state index in [1.54, 1.807) is 12.1 Å². The Morgan fingerprint density at radius 1 is 1.17 bits per heavy atom. The first-order valence-electron chi connectivity index (χ1n) is 9.42. The molecule has 1 aromatic carbocycles. The lowest BCUT2D eigenvalue weighted by atomic mass is 9.85. The average molecular weight is 422 g/mol. The molecule has 0 saturated heterocycles. The van der Waals surface area contributed by atoms with Crippen LogP contribution in [0.2, 0.25) is 0 Å². The molecule has 7 nitrogen and oxygen atoms in total. The van der Waals surface area contributed by atoms with Gasteiger partial charge in [0.25, 0.3) is 0 Å². The molecule has 0 fully saturated rings. The highest BCUT2D eigenvalue weighted by Crippen LogP contribution is 2.24. The van der Waals surface area contributed by atoms with Crippen LogP contribution >= 0.6 is 0 Å². The SMILES string of the molecule is CCNC(=NCC(C)(C)c1cccc(F)c1)NCCNS(=O)(=O)c1cccnc1. The fourth-order valence-corrected chi connectivity index (χ4v) is 3.57. The maximum atomic E-state index is 13.5. The number of halogens is 1. The predicted octanol–water partition coefficient (Wildman–Crippen LogP) is 2.03. The largest absolute Gasteiger partial charge is 0.357 e. The van der Waals surface area contributed by atoms with Crippen molar-refractivity contribution < 1.29 is 12.8 Å². The van der Waals surface area contributed by atoms with Crippen molar-refractivity contribution in [1.82, 2.24) is 20.3 Å². The number of guanidine groups is 1. The zero-order chi connectivity index (χ0) is 21.3. The molecule has 0 aliphatic heterocycles. The lowest BCUT2D eigenvalue weighted by Gasteiger charge is -2.24. The summed E-state index contributed by atoms with van der Waals surface area (Å²) >= 11 is 0. The second-order valence-corrected chi connectivity index (χ2v) is 8.87. The Kier molecular flexibility index (Phi) is 8.10. The van der Waals surface area contributed by atoms with E-state index in [1.165, 1.54) is 30.6 Å². The number of hydrogen-bond donors (Lipinski definition) is 3. The number of aliphatic imine (C=N–C) groups is 1. The molecule has 0 aliphatic carbocycles. The first kappa shape index (κ1) is 22.8. The zero-order valence-corrected chi connectivity index (χ0v) is 17.8. The van der Waals surface area contributed by atoms with Crippen molar-refractivity contribution in [2.75, 3.05) is 26.2 Å². The molecule has 9 heteroatoms. The lowest BCUT2D eigenvalue weighted by molar-refractivity contribution is 0.529. The number of rotatable bonds is 9. The number of hydrogen-bond acceptors (Lipinski definition) is 4. The van der Waals surface area contributed by atoms with Crippen LogP contribution in [0, 0.1) is 5.82 Å². The van der Waals surface area contributed by atoms with Crippen LogP contribution in [0.1, 0.15) is 26.3 Å². The molecule has 1 aromatic heterocycles. The van der Waals surface area contributed by atoms with Gasteiger partial charge in [0.15, 0.2) is 5.96 Å². The molecule has 2 rings (SSSR count). The minimum absolute atomic E-state index is 0.123. The van der Waals surface area contributed by atoms with Crippen molar-refractivity contribution >= 4 is 16.0 Å². The van der Waals surface area contributed by atoms with E-state index in [0.717, 1.165) is 5.56 Å². The van der Waals surface area contributed by atoms with Gasteiger partial charge in [-0.15, -0.1) is 0 Å². The maximum absolute atomic E-state index is 13.5. The van der Waals surface area contributed by atoms with Gasteiger partial charge in [-0.2, -0.15) is 0 Å². The van der Waals surface area contributed by atoms with E-state index in [1.807, 2.05) is 26.8 Å². The van der Waals surface area contributed by atoms with Crippen LogP contribution in [-0.4, -0.2) is 45.5 Å². The summed E-state index contributed by atoms with van der Waals surface area (Å²) in [5.41, 5.74) is 0.508. The predicted molar refractivity (Wildman–Crippen MR) is 113 cm³/mol. The van der Waals surface area contributed by atoms with Crippen LogP contribution in [0.4, 0.5) is 4.39 Å². The second kappa shape index (κ2) is 10.3. The summed E-state index contributed by atoms with van der Waals surface area (Å²) in [5.74, 6) is 0.294. The van der Waals surface area contributed by atoms with Gasteiger partial charge in [-0.1, -0.05) is 26.0 Å². The molecule has 158 valence electrons. The second-order valence-electron chi connectivity index (χ2n) is 7.10. The quantitative estimate of drug-likeness (QED) is 0.327. The third-order valence-corrected chi connectivity index (χ3v) is 5.68. The Balaban J connectivity index is 1.92. The summed E-state index contributed by atoms with van der Waals surface area (Å²) < 4.78 is 40.4. The number of nitrogens with zero attached hydrogens (tertiary/aromatic N) is 2. The van der Waals surface area contributed by atoms with Crippen LogP contribution in [0.5, 0.6) is 0 Å². The molecule has 0 aliphatic rings. The molecule has 3 N–H and O–H groups in total. The van der Waals surface area contributed by atoms with E-state index >= 15 is 0 Å². The van der Waals surface area contributed by atoms with Gasteiger partial charge in [-0.25, -0.2) is 17.5 Å². The monoisotopic (exact) mass is 421 g/mol. The minimum atomic E-state index is -3.59. The Labute approximate surface area is 171 Å². The smallest absolute Gasteiger partial charge is 0.242 e. The third kappa shape index (κ3) is 7.10. The Bertz CT molecular complexity index is 917. The van der Waals surface area contributed by atoms with E-state index in [9.17, 15) is 12.8 Å². The number of benzene rings is 1. The van der Waals surface area contributed by atoms with Gasteiger partial charge >= 0.3 is 0 Å². The van der Waals surface area contributed by atoms with Crippen LogP contribution in [0.25, 0.3) is 0 Å². The normalized spacial score (nSPS) is 12.6. The van der Waals surface area contributed by atoms with Gasteiger partial charge in [0.05, 0.1) is 6.54 Å². The molecular weight excluding hydrogens is 393 g/mol. The number of sulfonamides is 1. The molecule has 0 bridgehead atoms. The molecule has 0 radical (unpaired) electrons. The summed E-state index contributed by atoms with van der Waals surface area (Å²) in [6, 6.07) is 9.57. The first-order valence-corrected chi connectivity index (χ1v) is 10.9. The molecule has 0 amide bonds. The third-order valence-electron chi connectivity index (χ3n) is 4.24. The topological polar surface area (TPSA) is 95.5 Å². The average Bonchev–Trinajstić information content (AvgIpc) is 2.70.